The number of nitrogens with one attached hydrogen (secondary N) is 1. The molecule has 1 atom stereocenters. The van der Waals surface area contributed by atoms with Crippen LogP contribution in [0.3, 0.4) is 0 Å². The van der Waals surface area contributed by atoms with Gasteiger partial charge < -0.3 is 9.88 Å². The van der Waals surface area contributed by atoms with Gasteiger partial charge in [0.1, 0.15) is 0 Å². The number of rotatable bonds is 4. The zero-order chi connectivity index (χ0) is 12.4. The first-order valence-corrected chi connectivity index (χ1v) is 6.41. The fourth-order valence-electron chi connectivity index (χ4n) is 2.34. The molecule has 0 bridgehead atoms. The van der Waals surface area contributed by atoms with E-state index in [1.54, 1.807) is 0 Å². The van der Waals surface area contributed by atoms with Gasteiger partial charge in [-0.1, -0.05) is 11.6 Å². The van der Waals surface area contributed by atoms with Crippen LogP contribution in [0.5, 0.6) is 0 Å². The molecule has 0 radical (unpaired) electrons. The molecule has 0 aliphatic rings. The van der Waals surface area contributed by atoms with Gasteiger partial charge in [0.05, 0.1) is 0 Å². The Bertz CT molecular complexity index is 511. The normalized spacial score (nSPS) is 13.2. The highest BCUT2D eigenvalue weighted by molar-refractivity contribution is 5.84. The molecule has 0 spiro atoms. The molecule has 0 saturated carbocycles. The molecule has 0 amide bonds. The van der Waals surface area contributed by atoms with Crippen LogP contribution in [0, 0.1) is 6.92 Å². The maximum absolute atomic E-state index is 3.31. The lowest BCUT2D eigenvalue weighted by Gasteiger charge is -2.08. The Balaban J connectivity index is 2.50. The Morgan fingerprint density at radius 1 is 1.35 bits per heavy atom. The van der Waals surface area contributed by atoms with Gasteiger partial charge in [0.25, 0.3) is 0 Å². The molecular formula is C15H22N2. The van der Waals surface area contributed by atoms with Crippen LogP contribution in [0.15, 0.2) is 24.4 Å². The molecule has 92 valence electrons. The van der Waals surface area contributed by atoms with E-state index in [0.717, 1.165) is 13.0 Å². The first kappa shape index (κ1) is 12.2. The second-order valence-electron chi connectivity index (χ2n) is 4.85. The van der Waals surface area contributed by atoms with Crippen molar-refractivity contribution >= 4 is 10.9 Å². The third-order valence-electron chi connectivity index (χ3n) is 3.48. The number of aryl methyl sites for hydroxylation is 2. The average Bonchev–Trinajstić information content (AvgIpc) is 2.66. The Kier molecular flexibility index (Phi) is 3.53. The maximum atomic E-state index is 3.31. The summed E-state index contributed by atoms with van der Waals surface area (Å²) in [5.74, 6) is 0. The van der Waals surface area contributed by atoms with Gasteiger partial charge in [0.2, 0.25) is 0 Å². The fourth-order valence-corrected chi connectivity index (χ4v) is 2.34. The SMILES string of the molecule is CCn1cc(CC(C)NC)c2cc(C)ccc21. The minimum atomic E-state index is 0.520. The second-order valence-corrected chi connectivity index (χ2v) is 4.85. The van der Waals surface area contributed by atoms with Gasteiger partial charge in [0.15, 0.2) is 0 Å². The first-order chi connectivity index (χ1) is 8.15. The second kappa shape index (κ2) is 4.92. The van der Waals surface area contributed by atoms with Crippen LogP contribution in [0.2, 0.25) is 0 Å². The summed E-state index contributed by atoms with van der Waals surface area (Å²) in [6.07, 6.45) is 3.39. The van der Waals surface area contributed by atoms with Gasteiger partial charge in [-0.2, -0.15) is 0 Å². The minimum absolute atomic E-state index is 0.520. The van der Waals surface area contributed by atoms with E-state index in [-0.39, 0.29) is 0 Å². The van der Waals surface area contributed by atoms with Crippen LogP contribution in [0.25, 0.3) is 10.9 Å². The molecule has 2 heteroatoms. The third kappa shape index (κ3) is 2.37. The number of likely N-dealkylation sites (N-methyl/N-ethyl adjacent to an activating group) is 1. The first-order valence-electron chi connectivity index (χ1n) is 6.41. The largest absolute Gasteiger partial charge is 0.347 e. The van der Waals surface area contributed by atoms with E-state index in [4.69, 9.17) is 0 Å². The van der Waals surface area contributed by atoms with Gasteiger partial charge in [-0.05, 0) is 51.9 Å². The van der Waals surface area contributed by atoms with Crippen molar-refractivity contribution in [1.82, 2.24) is 9.88 Å². The van der Waals surface area contributed by atoms with Crippen molar-refractivity contribution in [3.05, 3.63) is 35.5 Å². The number of benzene rings is 1. The summed E-state index contributed by atoms with van der Waals surface area (Å²) in [5, 5.41) is 4.72. The van der Waals surface area contributed by atoms with Crippen molar-refractivity contribution in [2.75, 3.05) is 7.05 Å². The van der Waals surface area contributed by atoms with Crippen molar-refractivity contribution in [3.63, 3.8) is 0 Å². The van der Waals surface area contributed by atoms with Crippen LogP contribution in [0.4, 0.5) is 0 Å². The lowest BCUT2D eigenvalue weighted by Crippen LogP contribution is -2.23. The lowest BCUT2D eigenvalue weighted by atomic mass is 10.0. The van der Waals surface area contributed by atoms with Crippen LogP contribution >= 0.6 is 0 Å². The summed E-state index contributed by atoms with van der Waals surface area (Å²) in [7, 11) is 2.02. The molecule has 0 saturated heterocycles. The summed E-state index contributed by atoms with van der Waals surface area (Å²) < 4.78 is 2.34. The summed E-state index contributed by atoms with van der Waals surface area (Å²) in [5.41, 5.74) is 4.15. The van der Waals surface area contributed by atoms with E-state index in [0.29, 0.717) is 6.04 Å². The van der Waals surface area contributed by atoms with Crippen molar-refractivity contribution in [2.24, 2.45) is 0 Å². The van der Waals surface area contributed by atoms with Gasteiger partial charge in [0, 0.05) is 29.7 Å². The van der Waals surface area contributed by atoms with Crippen molar-refractivity contribution in [3.8, 4) is 0 Å². The molecule has 0 aliphatic heterocycles. The van der Waals surface area contributed by atoms with E-state index >= 15 is 0 Å². The van der Waals surface area contributed by atoms with E-state index in [2.05, 4.69) is 55.1 Å². The predicted octanol–water partition coefficient (Wildman–Crippen LogP) is 3.12. The molecule has 2 aromatic rings. The van der Waals surface area contributed by atoms with Gasteiger partial charge in [-0.15, -0.1) is 0 Å². The molecule has 2 rings (SSSR count). The van der Waals surface area contributed by atoms with Crippen LogP contribution in [-0.2, 0) is 13.0 Å². The molecule has 1 aromatic heterocycles. The van der Waals surface area contributed by atoms with Crippen molar-refractivity contribution < 1.29 is 0 Å². The molecular weight excluding hydrogens is 208 g/mol. The van der Waals surface area contributed by atoms with Crippen LogP contribution in [0.1, 0.15) is 25.0 Å². The summed E-state index contributed by atoms with van der Waals surface area (Å²) in [6, 6.07) is 7.26. The Morgan fingerprint density at radius 3 is 2.76 bits per heavy atom. The van der Waals surface area contributed by atoms with Gasteiger partial charge in [-0.3, -0.25) is 0 Å². The molecule has 17 heavy (non-hydrogen) atoms. The number of nitrogens with zero attached hydrogens (tertiary/aromatic N) is 1. The molecule has 1 unspecified atom stereocenters. The highest BCUT2D eigenvalue weighted by atomic mass is 14.9. The number of fused-ring (bicyclic) bond motifs is 1. The Hall–Kier alpha value is -1.28. The highest BCUT2D eigenvalue weighted by Crippen LogP contribution is 2.24. The summed E-state index contributed by atoms with van der Waals surface area (Å²) in [4.78, 5) is 0. The highest BCUT2D eigenvalue weighted by Gasteiger charge is 2.10. The quantitative estimate of drug-likeness (QED) is 0.854. The number of aromatic nitrogens is 1. The topological polar surface area (TPSA) is 17.0 Å². The monoisotopic (exact) mass is 230 g/mol. The van der Waals surface area contributed by atoms with E-state index in [1.165, 1.54) is 22.0 Å². The number of hydrogen-bond acceptors (Lipinski definition) is 1. The van der Waals surface area contributed by atoms with E-state index in [9.17, 15) is 0 Å². The smallest absolute Gasteiger partial charge is 0.0483 e. The summed E-state index contributed by atoms with van der Waals surface area (Å²) >= 11 is 0. The fraction of sp³-hybridized carbons (Fsp3) is 0.467. The maximum Gasteiger partial charge on any atom is 0.0483 e. The molecule has 1 N–H and O–H groups in total. The minimum Gasteiger partial charge on any atom is -0.347 e. The zero-order valence-corrected chi connectivity index (χ0v) is 11.2. The third-order valence-corrected chi connectivity index (χ3v) is 3.48. The molecule has 2 nitrogen and oxygen atoms in total. The lowest BCUT2D eigenvalue weighted by molar-refractivity contribution is 0.609. The van der Waals surface area contributed by atoms with Crippen molar-refractivity contribution in [1.29, 1.82) is 0 Å². The average molecular weight is 230 g/mol. The number of hydrogen-bond donors (Lipinski definition) is 1. The van der Waals surface area contributed by atoms with Crippen LogP contribution in [-0.4, -0.2) is 17.7 Å². The Labute approximate surface area is 104 Å². The van der Waals surface area contributed by atoms with E-state index in [1.807, 2.05) is 7.05 Å². The Morgan fingerprint density at radius 2 is 2.12 bits per heavy atom. The van der Waals surface area contributed by atoms with Gasteiger partial charge >= 0.3 is 0 Å². The van der Waals surface area contributed by atoms with Crippen LogP contribution < -0.4 is 5.32 Å². The van der Waals surface area contributed by atoms with E-state index < -0.39 is 0 Å². The van der Waals surface area contributed by atoms with Crippen molar-refractivity contribution in [2.45, 2.75) is 39.8 Å². The predicted molar refractivity (Wildman–Crippen MR) is 74.6 cm³/mol. The molecule has 1 heterocycles. The van der Waals surface area contributed by atoms with Gasteiger partial charge in [-0.25, -0.2) is 0 Å². The molecule has 0 aliphatic carbocycles. The summed E-state index contributed by atoms with van der Waals surface area (Å²) in [6.45, 7) is 7.62. The zero-order valence-electron chi connectivity index (χ0n) is 11.2. The molecule has 1 aromatic carbocycles. The molecule has 0 fully saturated rings. The standard InChI is InChI=1S/C15H22N2/c1-5-17-10-13(9-12(3)16-4)14-8-11(2)6-7-15(14)17/h6-8,10,12,16H,5,9H2,1-4H3.